The Labute approximate surface area is 192 Å². The van der Waals surface area contributed by atoms with Crippen molar-refractivity contribution in [3.63, 3.8) is 0 Å². The number of ether oxygens (including phenoxy) is 5. The molecule has 0 aliphatic carbocycles. The Morgan fingerprint density at radius 2 is 0.971 bits per heavy atom. The first-order valence-electron chi connectivity index (χ1n) is 10.5. The SMILES string of the molecule is OCC1O[C@@](CO)(OC[C@@]2(OC[C@@]3(O)OC(CO)C(O)C3O)OC(CO)C(O)C2O)C(O)C1O. The van der Waals surface area contributed by atoms with Crippen molar-refractivity contribution in [1.29, 1.82) is 0 Å². The van der Waals surface area contributed by atoms with Crippen LogP contribution in [0.15, 0.2) is 0 Å². The van der Waals surface area contributed by atoms with E-state index >= 15 is 0 Å². The zero-order valence-electron chi connectivity index (χ0n) is 17.9. The minimum atomic E-state index is -2.61. The highest BCUT2D eigenvalue weighted by molar-refractivity contribution is 5.02. The first-order chi connectivity index (χ1) is 15.9. The summed E-state index contributed by atoms with van der Waals surface area (Å²) in [5.74, 6) is -7.37. The van der Waals surface area contributed by atoms with E-state index in [1.165, 1.54) is 0 Å². The summed E-state index contributed by atoms with van der Waals surface area (Å²) in [4.78, 5) is 0. The third-order valence-corrected chi connectivity index (χ3v) is 6.34. The van der Waals surface area contributed by atoms with Crippen LogP contribution < -0.4 is 0 Å². The third-order valence-electron chi connectivity index (χ3n) is 6.34. The Morgan fingerprint density at radius 1 is 0.559 bits per heavy atom. The summed E-state index contributed by atoms with van der Waals surface area (Å²) in [5, 5.41) is 109. The Bertz CT molecular complexity index is 684. The van der Waals surface area contributed by atoms with E-state index in [-0.39, 0.29) is 0 Å². The number of aliphatic hydroxyl groups is 11. The van der Waals surface area contributed by atoms with E-state index in [4.69, 9.17) is 23.7 Å². The van der Waals surface area contributed by atoms with Crippen LogP contribution in [0.3, 0.4) is 0 Å². The van der Waals surface area contributed by atoms with Gasteiger partial charge in [-0.05, 0) is 0 Å². The summed E-state index contributed by atoms with van der Waals surface area (Å²) in [6.45, 7) is -5.33. The lowest BCUT2D eigenvalue weighted by molar-refractivity contribution is -0.359. The van der Waals surface area contributed by atoms with E-state index in [0.29, 0.717) is 0 Å². The summed E-state index contributed by atoms with van der Waals surface area (Å²) in [6.07, 6.45) is -15.1. The number of rotatable bonds is 10. The highest BCUT2D eigenvalue weighted by Gasteiger charge is 2.62. The summed E-state index contributed by atoms with van der Waals surface area (Å²) >= 11 is 0. The predicted octanol–water partition coefficient (Wildman–Crippen LogP) is -7.57. The molecule has 3 heterocycles. The van der Waals surface area contributed by atoms with Gasteiger partial charge in [0.2, 0.25) is 17.4 Å². The van der Waals surface area contributed by atoms with Gasteiger partial charge in [0.25, 0.3) is 0 Å². The van der Waals surface area contributed by atoms with Gasteiger partial charge in [0, 0.05) is 0 Å². The fraction of sp³-hybridized carbons (Fsp3) is 1.00. The maximum absolute atomic E-state index is 10.6. The first kappa shape index (κ1) is 27.9. The van der Waals surface area contributed by atoms with Crippen molar-refractivity contribution in [2.45, 2.75) is 72.3 Å². The normalized spacial score (nSPS) is 51.4. The van der Waals surface area contributed by atoms with E-state index in [0.717, 1.165) is 0 Å². The van der Waals surface area contributed by atoms with E-state index in [2.05, 4.69) is 0 Å². The Hall–Kier alpha value is -0.640. The lowest BCUT2D eigenvalue weighted by Crippen LogP contribution is -2.57. The molecule has 0 aromatic rings. The van der Waals surface area contributed by atoms with Gasteiger partial charge in [-0.3, -0.25) is 0 Å². The summed E-state index contributed by atoms with van der Waals surface area (Å²) in [5.41, 5.74) is 0. The third kappa shape index (κ3) is 4.59. The second kappa shape index (κ2) is 10.4. The van der Waals surface area contributed by atoms with Crippen LogP contribution in [0.1, 0.15) is 0 Å². The van der Waals surface area contributed by atoms with Gasteiger partial charge in [-0.1, -0.05) is 0 Å². The van der Waals surface area contributed by atoms with Gasteiger partial charge in [0.1, 0.15) is 74.8 Å². The molecule has 0 radical (unpaired) electrons. The van der Waals surface area contributed by atoms with Crippen LogP contribution in [-0.2, 0) is 23.7 Å². The lowest BCUT2D eigenvalue weighted by atomic mass is 10.0. The van der Waals surface area contributed by atoms with Gasteiger partial charge < -0.3 is 79.9 Å². The maximum atomic E-state index is 10.6. The predicted molar refractivity (Wildman–Crippen MR) is 101 cm³/mol. The largest absolute Gasteiger partial charge is 0.394 e. The molecule has 3 rings (SSSR count). The van der Waals surface area contributed by atoms with Crippen molar-refractivity contribution >= 4 is 0 Å². The van der Waals surface area contributed by atoms with Crippen LogP contribution in [0.2, 0.25) is 0 Å². The number of aliphatic hydroxyl groups excluding tert-OH is 10. The molecular formula is C18H32O16. The highest BCUT2D eigenvalue weighted by Crippen LogP contribution is 2.39. The van der Waals surface area contributed by atoms with Gasteiger partial charge in [0.05, 0.1) is 19.8 Å². The minimum absolute atomic E-state index is 0.744. The number of hydrogen-bond donors (Lipinski definition) is 11. The molecule has 3 aliphatic heterocycles. The van der Waals surface area contributed by atoms with Crippen LogP contribution in [0.4, 0.5) is 0 Å². The van der Waals surface area contributed by atoms with Crippen molar-refractivity contribution in [1.82, 2.24) is 0 Å². The Kier molecular flexibility index (Phi) is 8.53. The van der Waals surface area contributed by atoms with E-state index in [9.17, 15) is 56.2 Å². The van der Waals surface area contributed by atoms with Crippen LogP contribution >= 0.6 is 0 Å². The lowest BCUT2D eigenvalue weighted by Gasteiger charge is -2.38. The average molecular weight is 504 g/mol. The smallest absolute Gasteiger partial charge is 0.222 e. The zero-order chi connectivity index (χ0) is 25.5. The van der Waals surface area contributed by atoms with Gasteiger partial charge in [0.15, 0.2) is 0 Å². The first-order valence-corrected chi connectivity index (χ1v) is 10.5. The zero-order valence-corrected chi connectivity index (χ0v) is 17.9. The van der Waals surface area contributed by atoms with Crippen LogP contribution in [0.25, 0.3) is 0 Å². The molecule has 16 heteroatoms. The molecule has 3 aliphatic rings. The molecule has 0 spiro atoms. The fourth-order valence-corrected chi connectivity index (χ4v) is 4.17. The molecule has 9 unspecified atom stereocenters. The van der Waals surface area contributed by atoms with E-state index in [1.807, 2.05) is 0 Å². The average Bonchev–Trinajstić information content (AvgIpc) is 3.33. The molecule has 200 valence electrons. The van der Waals surface area contributed by atoms with E-state index < -0.39 is 112 Å². The van der Waals surface area contributed by atoms with Crippen LogP contribution in [-0.4, -0.2) is 168 Å². The Balaban J connectivity index is 1.82. The molecule has 34 heavy (non-hydrogen) atoms. The van der Waals surface area contributed by atoms with Gasteiger partial charge in [-0.15, -0.1) is 0 Å². The molecule has 0 aromatic heterocycles. The summed E-state index contributed by atoms with van der Waals surface area (Å²) < 4.78 is 26.6. The van der Waals surface area contributed by atoms with Crippen molar-refractivity contribution in [3.8, 4) is 0 Å². The van der Waals surface area contributed by atoms with Crippen molar-refractivity contribution in [2.24, 2.45) is 0 Å². The quantitative estimate of drug-likeness (QED) is 0.132. The van der Waals surface area contributed by atoms with Crippen LogP contribution in [0, 0.1) is 0 Å². The van der Waals surface area contributed by atoms with Crippen molar-refractivity contribution in [2.75, 3.05) is 39.6 Å². The molecular weight excluding hydrogens is 472 g/mol. The summed E-state index contributed by atoms with van der Waals surface area (Å²) in [7, 11) is 0. The monoisotopic (exact) mass is 504 g/mol. The molecule has 11 N–H and O–H groups in total. The van der Waals surface area contributed by atoms with Gasteiger partial charge >= 0.3 is 0 Å². The molecule has 3 saturated heterocycles. The maximum Gasteiger partial charge on any atom is 0.222 e. The van der Waals surface area contributed by atoms with Crippen LogP contribution in [0.5, 0.6) is 0 Å². The topological polar surface area (TPSA) is 269 Å². The summed E-state index contributed by atoms with van der Waals surface area (Å²) in [6, 6.07) is 0. The van der Waals surface area contributed by atoms with Crippen molar-refractivity contribution in [3.05, 3.63) is 0 Å². The standard InChI is InChI=1S/C18H32O16/c19-1-7-10(23)13(26)16(29,32-7)5-30-18(15(28)12(25)9(3-21)34-18)6-31-17(4-22)14(27)11(24)8(2-20)33-17/h7-15,19-29H,1-6H2/t7?,8?,9?,10?,11?,12?,13?,14?,15?,16-,17-,18-/m1/s1. The van der Waals surface area contributed by atoms with Gasteiger partial charge in [-0.2, -0.15) is 0 Å². The molecule has 0 aromatic carbocycles. The minimum Gasteiger partial charge on any atom is -0.394 e. The molecule has 0 amide bonds. The molecule has 3 fully saturated rings. The highest BCUT2D eigenvalue weighted by atomic mass is 16.8. The molecule has 12 atom stereocenters. The molecule has 0 bridgehead atoms. The second-order valence-electron chi connectivity index (χ2n) is 8.53. The Morgan fingerprint density at radius 3 is 1.41 bits per heavy atom. The van der Waals surface area contributed by atoms with Gasteiger partial charge in [-0.25, -0.2) is 0 Å². The second-order valence-corrected chi connectivity index (χ2v) is 8.53. The number of hydrogen-bond acceptors (Lipinski definition) is 16. The molecule has 0 saturated carbocycles. The van der Waals surface area contributed by atoms with E-state index in [1.54, 1.807) is 0 Å². The van der Waals surface area contributed by atoms with Crippen molar-refractivity contribution < 1.29 is 79.9 Å². The molecule has 16 nitrogen and oxygen atoms in total. The fourth-order valence-electron chi connectivity index (χ4n) is 4.17.